The Morgan fingerprint density at radius 2 is 2.07 bits per heavy atom. The first-order chi connectivity index (χ1) is 14.6. The molecule has 0 aliphatic carbocycles. The molecule has 2 atom stereocenters. The first-order valence-corrected chi connectivity index (χ1v) is 9.80. The second-order valence-corrected chi connectivity index (χ2v) is 7.35. The van der Waals surface area contributed by atoms with Crippen molar-refractivity contribution >= 4 is 5.91 Å². The average molecular weight is 410 g/mol. The van der Waals surface area contributed by atoms with E-state index in [0.29, 0.717) is 32.6 Å². The van der Waals surface area contributed by atoms with E-state index in [-0.39, 0.29) is 5.69 Å². The van der Waals surface area contributed by atoms with E-state index < -0.39 is 23.4 Å². The number of nitrogens with zero attached hydrogens (tertiary/aromatic N) is 5. The molecule has 0 radical (unpaired) electrons. The van der Waals surface area contributed by atoms with Crippen LogP contribution in [-0.4, -0.2) is 61.4 Å². The number of aliphatic hydroxyl groups is 1. The Hall–Kier alpha value is -3.17. The van der Waals surface area contributed by atoms with Crippen LogP contribution in [0.25, 0.3) is 0 Å². The Bertz CT molecular complexity index is 984. The van der Waals surface area contributed by atoms with Crippen molar-refractivity contribution in [1.29, 1.82) is 0 Å². The topological polar surface area (TPSA) is 96.2 Å². The molecule has 1 aromatic carbocycles. The molecule has 3 heterocycles. The van der Waals surface area contributed by atoms with Crippen LogP contribution in [0.4, 0.5) is 4.39 Å². The molecule has 2 N–H and O–H groups in total. The summed E-state index contributed by atoms with van der Waals surface area (Å²) in [6, 6.07) is 11.9. The number of amides is 1. The van der Waals surface area contributed by atoms with Crippen molar-refractivity contribution in [2.24, 2.45) is 0 Å². The van der Waals surface area contributed by atoms with Gasteiger partial charge in [-0.15, -0.1) is 0 Å². The quantitative estimate of drug-likeness (QED) is 0.634. The number of halogens is 1. The van der Waals surface area contributed by atoms with Crippen molar-refractivity contribution in [2.45, 2.75) is 24.6 Å². The van der Waals surface area contributed by atoms with E-state index in [1.165, 1.54) is 24.7 Å². The molecular formula is C21H23FN6O2. The SMILES string of the molecule is O=C(N[C@@]1(c2ccccc2)CCN(CCn2cncn2)C[C@H]1O)c1ncccc1F. The van der Waals surface area contributed by atoms with Crippen LogP contribution in [0.3, 0.4) is 0 Å². The molecule has 1 fully saturated rings. The Labute approximate surface area is 173 Å². The smallest absolute Gasteiger partial charge is 0.273 e. The second-order valence-electron chi connectivity index (χ2n) is 7.35. The minimum atomic E-state index is -1.04. The number of likely N-dealkylation sites (tertiary alicyclic amines) is 1. The van der Waals surface area contributed by atoms with Gasteiger partial charge in [0.25, 0.3) is 5.91 Å². The number of hydrogen-bond acceptors (Lipinski definition) is 6. The van der Waals surface area contributed by atoms with Crippen molar-refractivity contribution < 1.29 is 14.3 Å². The molecule has 2 aromatic heterocycles. The highest BCUT2D eigenvalue weighted by molar-refractivity contribution is 5.93. The third-order valence-electron chi connectivity index (χ3n) is 5.53. The van der Waals surface area contributed by atoms with E-state index in [1.807, 2.05) is 30.3 Å². The van der Waals surface area contributed by atoms with Crippen molar-refractivity contribution in [3.8, 4) is 0 Å². The number of pyridine rings is 1. The van der Waals surface area contributed by atoms with E-state index in [2.05, 4.69) is 25.3 Å². The van der Waals surface area contributed by atoms with Crippen molar-refractivity contribution in [2.75, 3.05) is 19.6 Å². The Morgan fingerprint density at radius 3 is 2.77 bits per heavy atom. The molecule has 0 saturated carbocycles. The zero-order valence-corrected chi connectivity index (χ0v) is 16.4. The fraction of sp³-hybridized carbons (Fsp3) is 0.333. The second kappa shape index (κ2) is 8.68. The van der Waals surface area contributed by atoms with Gasteiger partial charge in [-0.25, -0.2) is 14.4 Å². The number of piperidine rings is 1. The third kappa shape index (κ3) is 4.07. The number of benzene rings is 1. The number of aliphatic hydroxyl groups excluding tert-OH is 1. The lowest BCUT2D eigenvalue weighted by atomic mass is 9.78. The molecule has 0 spiro atoms. The molecule has 3 aromatic rings. The largest absolute Gasteiger partial charge is 0.389 e. The van der Waals surface area contributed by atoms with Gasteiger partial charge in [-0.05, 0) is 24.1 Å². The molecule has 156 valence electrons. The molecule has 8 nitrogen and oxygen atoms in total. The molecule has 1 aliphatic heterocycles. The summed E-state index contributed by atoms with van der Waals surface area (Å²) in [7, 11) is 0. The summed E-state index contributed by atoms with van der Waals surface area (Å²) in [6.45, 7) is 2.34. The lowest BCUT2D eigenvalue weighted by molar-refractivity contribution is -0.0167. The van der Waals surface area contributed by atoms with Crippen LogP contribution in [0.15, 0.2) is 61.3 Å². The van der Waals surface area contributed by atoms with Gasteiger partial charge in [-0.2, -0.15) is 5.10 Å². The summed E-state index contributed by atoms with van der Waals surface area (Å²) in [4.78, 5) is 22.8. The first-order valence-electron chi connectivity index (χ1n) is 9.80. The maximum atomic E-state index is 14.1. The Morgan fingerprint density at radius 1 is 1.23 bits per heavy atom. The van der Waals surface area contributed by atoms with Crippen LogP contribution in [0.1, 0.15) is 22.5 Å². The normalized spacial score (nSPS) is 22.0. The van der Waals surface area contributed by atoms with Gasteiger partial charge in [-0.3, -0.25) is 14.4 Å². The highest BCUT2D eigenvalue weighted by Crippen LogP contribution is 2.34. The Kier molecular flexibility index (Phi) is 5.82. The molecular weight excluding hydrogens is 387 g/mol. The van der Waals surface area contributed by atoms with Crippen molar-refractivity contribution in [3.05, 3.63) is 78.4 Å². The van der Waals surface area contributed by atoms with Gasteiger partial charge in [0.1, 0.15) is 12.7 Å². The molecule has 4 rings (SSSR count). The van der Waals surface area contributed by atoms with Gasteiger partial charge in [-0.1, -0.05) is 30.3 Å². The summed E-state index contributed by atoms with van der Waals surface area (Å²) in [5.74, 6) is -1.34. The van der Waals surface area contributed by atoms with Gasteiger partial charge >= 0.3 is 0 Å². The van der Waals surface area contributed by atoms with Gasteiger partial charge in [0.05, 0.1) is 18.2 Å². The predicted octanol–water partition coefficient (Wildman–Crippen LogP) is 1.20. The standard InChI is InChI=1S/C21H23FN6O2/c22-17-7-4-9-24-19(17)20(30)26-21(16-5-2-1-3-6-16)8-10-27(13-18(21)29)11-12-28-15-23-14-25-28/h1-7,9,14-15,18,29H,8,10-13H2,(H,26,30)/t18-,21-/m1/s1. The molecule has 0 unspecified atom stereocenters. The summed E-state index contributed by atoms with van der Waals surface area (Å²) in [5.41, 5.74) is -0.543. The van der Waals surface area contributed by atoms with Crippen LogP contribution < -0.4 is 5.32 Å². The summed E-state index contributed by atoms with van der Waals surface area (Å²) < 4.78 is 15.8. The van der Waals surface area contributed by atoms with Gasteiger partial charge in [0.2, 0.25) is 0 Å². The number of rotatable bonds is 6. The molecule has 1 saturated heterocycles. The van der Waals surface area contributed by atoms with Crippen molar-refractivity contribution in [3.63, 3.8) is 0 Å². The van der Waals surface area contributed by atoms with Crippen LogP contribution in [0.5, 0.6) is 0 Å². The molecule has 1 aliphatic rings. The van der Waals surface area contributed by atoms with E-state index in [1.54, 1.807) is 11.0 Å². The molecule has 0 bridgehead atoms. The minimum absolute atomic E-state index is 0.284. The predicted molar refractivity (Wildman–Crippen MR) is 107 cm³/mol. The number of nitrogens with one attached hydrogen (secondary N) is 1. The van der Waals surface area contributed by atoms with E-state index in [0.717, 1.165) is 5.56 Å². The van der Waals surface area contributed by atoms with Crippen molar-refractivity contribution in [1.82, 2.24) is 30.0 Å². The van der Waals surface area contributed by atoms with E-state index in [9.17, 15) is 14.3 Å². The maximum Gasteiger partial charge on any atom is 0.273 e. The number of aromatic nitrogens is 4. The number of carbonyl (C=O) groups is 1. The van der Waals surface area contributed by atoms with E-state index in [4.69, 9.17) is 0 Å². The number of carbonyl (C=O) groups excluding carboxylic acids is 1. The van der Waals surface area contributed by atoms with Crippen LogP contribution in [0.2, 0.25) is 0 Å². The zero-order valence-electron chi connectivity index (χ0n) is 16.4. The molecule has 30 heavy (non-hydrogen) atoms. The summed E-state index contributed by atoms with van der Waals surface area (Å²) in [6.07, 6.45) is 4.08. The number of hydrogen-bond donors (Lipinski definition) is 2. The number of β-amino-alcohol motifs (C(OH)–C–C–N with tert-alkyl or cyclic N) is 1. The van der Waals surface area contributed by atoms with Gasteiger partial charge in [0, 0.05) is 25.8 Å². The van der Waals surface area contributed by atoms with Gasteiger partial charge < -0.3 is 10.4 Å². The van der Waals surface area contributed by atoms with Crippen LogP contribution in [-0.2, 0) is 12.1 Å². The monoisotopic (exact) mass is 410 g/mol. The minimum Gasteiger partial charge on any atom is -0.389 e. The summed E-state index contributed by atoms with van der Waals surface area (Å²) >= 11 is 0. The van der Waals surface area contributed by atoms with E-state index >= 15 is 0 Å². The Balaban J connectivity index is 1.55. The third-order valence-corrected chi connectivity index (χ3v) is 5.53. The fourth-order valence-corrected chi connectivity index (χ4v) is 3.89. The first kappa shape index (κ1) is 20.1. The summed E-state index contributed by atoms with van der Waals surface area (Å²) in [5, 5.41) is 18.2. The fourth-order valence-electron chi connectivity index (χ4n) is 3.89. The highest BCUT2D eigenvalue weighted by atomic mass is 19.1. The van der Waals surface area contributed by atoms with Gasteiger partial charge in [0.15, 0.2) is 11.5 Å². The van der Waals surface area contributed by atoms with Crippen LogP contribution in [0, 0.1) is 5.82 Å². The lowest BCUT2D eigenvalue weighted by Crippen LogP contribution is -2.62. The zero-order chi connectivity index (χ0) is 21.0. The lowest BCUT2D eigenvalue weighted by Gasteiger charge is -2.46. The molecule has 9 heteroatoms. The maximum absolute atomic E-state index is 14.1. The van der Waals surface area contributed by atoms with Crippen LogP contribution >= 0.6 is 0 Å². The average Bonchev–Trinajstić information content (AvgIpc) is 3.28. The highest BCUT2D eigenvalue weighted by Gasteiger charge is 2.45. The molecule has 1 amide bonds.